The van der Waals surface area contributed by atoms with Crippen molar-refractivity contribution in [1.29, 1.82) is 0 Å². The molecule has 0 saturated carbocycles. The Labute approximate surface area is 134 Å². The highest BCUT2D eigenvalue weighted by Gasteiger charge is 2.33. The molecule has 0 aliphatic heterocycles. The Morgan fingerprint density at radius 2 is 0.875 bits per heavy atom. The van der Waals surface area contributed by atoms with Gasteiger partial charge in [-0.15, -0.1) is 0 Å². The molecule has 0 amide bonds. The number of benzene rings is 2. The van der Waals surface area contributed by atoms with Crippen LogP contribution in [0, 0.1) is 0 Å². The highest BCUT2D eigenvalue weighted by Crippen LogP contribution is 2.33. The number of hydrogen-bond acceptors (Lipinski definition) is 0. The third-order valence-corrected chi connectivity index (χ3v) is 3.20. The fourth-order valence-electron chi connectivity index (χ4n) is 2.12. The van der Waals surface area contributed by atoms with Gasteiger partial charge < -0.3 is 0 Å². The molecule has 0 atom stereocenters. The summed E-state index contributed by atoms with van der Waals surface area (Å²) in [7, 11) is 0. The first kappa shape index (κ1) is 17.8. The Kier molecular flexibility index (Phi) is 5.17. The maximum atomic E-state index is 12.8. The first-order valence-corrected chi connectivity index (χ1v) is 6.87. The number of halogens is 6. The zero-order chi connectivity index (χ0) is 17.8. The Balaban J connectivity index is 2.24. The SMILES string of the molecule is FC(F)(F)c1ccccc1C=CC=Cc1ccccc1C(F)(F)F. The van der Waals surface area contributed by atoms with Crippen LogP contribution in [0.4, 0.5) is 26.3 Å². The van der Waals surface area contributed by atoms with E-state index in [1.165, 1.54) is 60.7 Å². The van der Waals surface area contributed by atoms with Crippen LogP contribution in [0.2, 0.25) is 0 Å². The van der Waals surface area contributed by atoms with Crippen molar-refractivity contribution in [3.63, 3.8) is 0 Å². The molecule has 0 bridgehead atoms. The molecule has 0 saturated heterocycles. The van der Waals surface area contributed by atoms with Crippen molar-refractivity contribution in [2.75, 3.05) is 0 Å². The van der Waals surface area contributed by atoms with Crippen molar-refractivity contribution in [3.05, 3.63) is 82.9 Å². The molecule has 6 heteroatoms. The van der Waals surface area contributed by atoms with Gasteiger partial charge in [0.25, 0.3) is 0 Å². The lowest BCUT2D eigenvalue weighted by Gasteiger charge is -2.09. The van der Waals surface area contributed by atoms with Crippen LogP contribution in [0.5, 0.6) is 0 Å². The summed E-state index contributed by atoms with van der Waals surface area (Å²) in [6.45, 7) is 0. The predicted molar refractivity (Wildman–Crippen MR) is 81.0 cm³/mol. The summed E-state index contributed by atoms with van der Waals surface area (Å²) in [4.78, 5) is 0. The van der Waals surface area contributed by atoms with Crippen molar-refractivity contribution in [2.45, 2.75) is 12.4 Å². The standard InChI is InChI=1S/C18H12F6/c19-17(20,21)15-11-5-3-9-13(15)7-1-2-8-14-10-4-6-12-16(14)18(22,23)24/h1-12H. The second-order valence-corrected chi connectivity index (χ2v) is 4.89. The van der Waals surface area contributed by atoms with E-state index >= 15 is 0 Å². The van der Waals surface area contributed by atoms with Crippen LogP contribution < -0.4 is 0 Å². The van der Waals surface area contributed by atoms with E-state index in [1.54, 1.807) is 0 Å². The quantitative estimate of drug-likeness (QED) is 0.444. The first-order valence-electron chi connectivity index (χ1n) is 6.87. The molecule has 126 valence electrons. The van der Waals surface area contributed by atoms with Gasteiger partial charge in [-0.2, -0.15) is 26.3 Å². The van der Waals surface area contributed by atoms with Crippen molar-refractivity contribution in [2.24, 2.45) is 0 Å². The van der Waals surface area contributed by atoms with E-state index in [-0.39, 0.29) is 11.1 Å². The minimum absolute atomic E-state index is 0.0567. The molecule has 2 aromatic rings. The molecule has 0 aliphatic rings. The Hall–Kier alpha value is -2.50. The van der Waals surface area contributed by atoms with Gasteiger partial charge in [0.1, 0.15) is 0 Å². The molecule has 2 rings (SSSR count). The van der Waals surface area contributed by atoms with Crippen LogP contribution in [-0.4, -0.2) is 0 Å². The van der Waals surface area contributed by atoms with Crippen LogP contribution in [-0.2, 0) is 12.4 Å². The van der Waals surface area contributed by atoms with Crippen molar-refractivity contribution in [3.8, 4) is 0 Å². The third kappa shape index (κ3) is 4.50. The number of rotatable bonds is 3. The molecule has 0 nitrogen and oxygen atoms in total. The summed E-state index contributed by atoms with van der Waals surface area (Å²) in [5.74, 6) is 0. The lowest BCUT2D eigenvalue weighted by atomic mass is 10.1. The Bertz CT molecular complexity index is 685. The lowest BCUT2D eigenvalue weighted by molar-refractivity contribution is -0.138. The molecule has 0 heterocycles. The number of alkyl halides is 6. The summed E-state index contributed by atoms with van der Waals surface area (Å²) < 4.78 is 77.0. The van der Waals surface area contributed by atoms with Gasteiger partial charge in [-0.05, 0) is 23.3 Å². The van der Waals surface area contributed by atoms with Gasteiger partial charge in [-0.3, -0.25) is 0 Å². The van der Waals surface area contributed by atoms with Gasteiger partial charge in [0.05, 0.1) is 11.1 Å². The molecule has 0 radical (unpaired) electrons. The third-order valence-electron chi connectivity index (χ3n) is 3.20. The van der Waals surface area contributed by atoms with Crippen molar-refractivity contribution in [1.82, 2.24) is 0 Å². The molecule has 0 N–H and O–H groups in total. The van der Waals surface area contributed by atoms with Gasteiger partial charge in [0.2, 0.25) is 0 Å². The molecule has 0 unspecified atom stereocenters. The predicted octanol–water partition coefficient (Wildman–Crippen LogP) is 6.45. The van der Waals surface area contributed by atoms with Crippen molar-refractivity contribution >= 4 is 12.2 Å². The molecular weight excluding hydrogens is 330 g/mol. The molecule has 0 aliphatic carbocycles. The van der Waals surface area contributed by atoms with Crippen molar-refractivity contribution < 1.29 is 26.3 Å². The topological polar surface area (TPSA) is 0 Å². The lowest BCUT2D eigenvalue weighted by Crippen LogP contribution is -2.06. The summed E-state index contributed by atoms with van der Waals surface area (Å²) in [6.07, 6.45) is -4.03. The Morgan fingerprint density at radius 1 is 0.542 bits per heavy atom. The van der Waals surface area contributed by atoms with E-state index in [0.29, 0.717) is 0 Å². The summed E-state index contributed by atoms with van der Waals surface area (Å²) in [5.41, 5.74) is -1.71. The highest BCUT2D eigenvalue weighted by atomic mass is 19.4. The fourth-order valence-corrected chi connectivity index (χ4v) is 2.12. The van der Waals surface area contributed by atoms with E-state index < -0.39 is 23.5 Å². The summed E-state index contributed by atoms with van der Waals surface area (Å²) in [6, 6.07) is 9.93. The normalized spacial score (nSPS) is 13.1. The van der Waals surface area contributed by atoms with E-state index in [1.807, 2.05) is 0 Å². The monoisotopic (exact) mass is 342 g/mol. The van der Waals surface area contributed by atoms with E-state index in [2.05, 4.69) is 0 Å². The fraction of sp³-hybridized carbons (Fsp3) is 0.111. The van der Waals surface area contributed by atoms with Gasteiger partial charge in [0, 0.05) is 0 Å². The van der Waals surface area contributed by atoms with Crippen LogP contribution in [0.3, 0.4) is 0 Å². The number of hydrogen-bond donors (Lipinski definition) is 0. The van der Waals surface area contributed by atoms with Crippen LogP contribution in [0.15, 0.2) is 60.7 Å². The zero-order valence-electron chi connectivity index (χ0n) is 12.2. The van der Waals surface area contributed by atoms with Gasteiger partial charge in [-0.25, -0.2) is 0 Å². The average molecular weight is 342 g/mol. The minimum Gasteiger partial charge on any atom is -0.166 e. The smallest absolute Gasteiger partial charge is 0.166 e. The highest BCUT2D eigenvalue weighted by molar-refractivity contribution is 5.61. The van der Waals surface area contributed by atoms with E-state index in [4.69, 9.17) is 0 Å². The average Bonchev–Trinajstić information content (AvgIpc) is 2.50. The largest absolute Gasteiger partial charge is 0.416 e. The minimum atomic E-state index is -4.49. The van der Waals surface area contributed by atoms with Crippen LogP contribution >= 0.6 is 0 Å². The molecule has 24 heavy (non-hydrogen) atoms. The first-order chi connectivity index (χ1) is 11.2. The summed E-state index contributed by atoms with van der Waals surface area (Å²) >= 11 is 0. The second-order valence-electron chi connectivity index (χ2n) is 4.89. The maximum absolute atomic E-state index is 12.8. The van der Waals surface area contributed by atoms with Crippen LogP contribution in [0.25, 0.3) is 12.2 Å². The number of allylic oxidation sites excluding steroid dienone is 2. The van der Waals surface area contributed by atoms with Gasteiger partial charge in [-0.1, -0.05) is 60.7 Å². The molecule has 0 spiro atoms. The zero-order valence-corrected chi connectivity index (χ0v) is 12.2. The van der Waals surface area contributed by atoms with Crippen LogP contribution in [0.1, 0.15) is 22.3 Å². The molecule has 2 aromatic carbocycles. The van der Waals surface area contributed by atoms with Gasteiger partial charge >= 0.3 is 12.4 Å². The molecule has 0 aromatic heterocycles. The second kappa shape index (κ2) is 6.95. The molecule has 0 fully saturated rings. The summed E-state index contributed by atoms with van der Waals surface area (Å²) in [5, 5.41) is 0. The molecular formula is C18H12F6. The maximum Gasteiger partial charge on any atom is 0.416 e. The van der Waals surface area contributed by atoms with E-state index in [0.717, 1.165) is 12.1 Å². The van der Waals surface area contributed by atoms with Gasteiger partial charge in [0.15, 0.2) is 0 Å². The Morgan fingerprint density at radius 3 is 1.21 bits per heavy atom. The van der Waals surface area contributed by atoms with E-state index in [9.17, 15) is 26.3 Å².